The van der Waals surface area contributed by atoms with Gasteiger partial charge in [-0.1, -0.05) is 46.1 Å². The summed E-state index contributed by atoms with van der Waals surface area (Å²) < 4.78 is 14.5. The van der Waals surface area contributed by atoms with Crippen LogP contribution in [0.1, 0.15) is 64.8 Å². The van der Waals surface area contributed by atoms with E-state index in [0.717, 1.165) is 81.6 Å². The molecular weight excluding hydrogens is 458 g/mol. The molecule has 1 aliphatic rings. The van der Waals surface area contributed by atoms with Crippen LogP contribution in [-0.4, -0.2) is 72.7 Å². The van der Waals surface area contributed by atoms with Crippen LogP contribution >= 0.6 is 12.4 Å². The van der Waals surface area contributed by atoms with Gasteiger partial charge in [0.15, 0.2) is 0 Å². The number of hydrogen-bond acceptors (Lipinski definition) is 7. The van der Waals surface area contributed by atoms with E-state index in [0.29, 0.717) is 10.9 Å². The largest absolute Gasteiger partial charge is 0.609 e. The van der Waals surface area contributed by atoms with Gasteiger partial charge >= 0.3 is 5.16 Å². The van der Waals surface area contributed by atoms with Gasteiger partial charge in [0.2, 0.25) is 0 Å². The van der Waals surface area contributed by atoms with Crippen molar-refractivity contribution in [2.45, 2.75) is 70.9 Å². The number of nitrogens with zero attached hydrogens (tertiary/aromatic N) is 7. The van der Waals surface area contributed by atoms with E-state index < -0.39 is 11.2 Å². The van der Waals surface area contributed by atoms with Crippen molar-refractivity contribution in [3.05, 3.63) is 23.4 Å². The van der Waals surface area contributed by atoms with E-state index in [2.05, 4.69) is 53.8 Å². The van der Waals surface area contributed by atoms with Gasteiger partial charge in [-0.25, -0.2) is 9.97 Å². The quantitative estimate of drug-likeness (QED) is 0.492. The summed E-state index contributed by atoms with van der Waals surface area (Å²) in [5, 5.41) is 8.83. The van der Waals surface area contributed by atoms with Crippen LogP contribution in [0.25, 0.3) is 0 Å². The summed E-state index contributed by atoms with van der Waals surface area (Å²) in [6, 6.07) is 2.17. The monoisotopic (exact) mass is 497 g/mol. The Balaban J connectivity index is 0.00000385. The molecule has 2 aromatic heterocycles. The van der Waals surface area contributed by atoms with Crippen molar-refractivity contribution >= 4 is 29.4 Å². The normalized spacial score (nSPS) is 16.0. The lowest BCUT2D eigenvalue weighted by Gasteiger charge is -2.36. The molecule has 1 atom stereocenters. The Morgan fingerprint density at radius 3 is 2.33 bits per heavy atom. The highest BCUT2D eigenvalue weighted by Crippen LogP contribution is 2.23. The molecule has 0 amide bonds. The van der Waals surface area contributed by atoms with Crippen LogP contribution in [0.4, 0.5) is 5.82 Å². The van der Waals surface area contributed by atoms with Crippen LogP contribution in [-0.2, 0) is 36.5 Å². The van der Waals surface area contributed by atoms with E-state index in [1.807, 2.05) is 18.5 Å². The van der Waals surface area contributed by atoms with Gasteiger partial charge in [-0.3, -0.25) is 9.47 Å². The molecular formula is C23H40ClN7OS. The van der Waals surface area contributed by atoms with Crippen LogP contribution in [0, 0.1) is 0 Å². The zero-order chi connectivity index (χ0) is 23.3. The standard InChI is InChI=1S/C23H39N7OS.ClH/c1-7-10-18-17-20(25-21(24-18)23(3,4)5)30-14-12-29(13-15-30)11-9-16-32(31)22-27-26-19(8-2)28(22)6;/h17H,7-16H2,1-6H3;1H. The first kappa shape index (κ1) is 27.8. The Labute approximate surface area is 208 Å². The third-order valence-electron chi connectivity index (χ3n) is 5.89. The summed E-state index contributed by atoms with van der Waals surface area (Å²) in [4.78, 5) is 14.6. The van der Waals surface area contributed by atoms with Gasteiger partial charge in [0.25, 0.3) is 0 Å². The van der Waals surface area contributed by atoms with Gasteiger partial charge in [-0.05, 0) is 6.42 Å². The van der Waals surface area contributed by atoms with Crippen molar-refractivity contribution in [3.63, 3.8) is 0 Å². The number of anilines is 1. The lowest BCUT2D eigenvalue weighted by molar-refractivity contribution is 0.258. The minimum absolute atomic E-state index is 0. The molecule has 2 aromatic rings. The molecule has 1 fully saturated rings. The summed E-state index contributed by atoms with van der Waals surface area (Å²) in [6.07, 6.45) is 3.77. The maximum atomic E-state index is 12.6. The summed E-state index contributed by atoms with van der Waals surface area (Å²) in [6.45, 7) is 15.6. The number of rotatable bonds is 9. The van der Waals surface area contributed by atoms with Gasteiger partial charge in [0.05, 0.1) is 0 Å². The van der Waals surface area contributed by atoms with Gasteiger partial charge < -0.3 is 9.45 Å². The molecule has 0 aromatic carbocycles. The molecule has 0 radical (unpaired) electrons. The average Bonchev–Trinajstić information content (AvgIpc) is 3.14. The molecule has 0 aliphatic carbocycles. The van der Waals surface area contributed by atoms with Crippen molar-refractivity contribution in [1.29, 1.82) is 0 Å². The third-order valence-corrected chi connectivity index (χ3v) is 7.31. The predicted octanol–water partition coefficient (Wildman–Crippen LogP) is 3.16. The van der Waals surface area contributed by atoms with E-state index >= 15 is 0 Å². The minimum atomic E-state index is -1.10. The summed E-state index contributed by atoms with van der Waals surface area (Å²) >= 11 is -1.10. The highest BCUT2D eigenvalue weighted by molar-refractivity contribution is 7.91. The number of aryl methyl sites for hydroxylation is 2. The smallest absolute Gasteiger partial charge is 0.343 e. The molecule has 1 saturated heterocycles. The van der Waals surface area contributed by atoms with Gasteiger partial charge in [0, 0.05) is 81.0 Å². The van der Waals surface area contributed by atoms with E-state index in [-0.39, 0.29) is 17.8 Å². The fraction of sp³-hybridized carbons (Fsp3) is 0.739. The first-order chi connectivity index (χ1) is 15.2. The van der Waals surface area contributed by atoms with Crippen molar-refractivity contribution in [2.75, 3.05) is 43.4 Å². The molecule has 0 saturated carbocycles. The molecule has 3 rings (SSSR count). The lowest BCUT2D eigenvalue weighted by Crippen LogP contribution is -2.47. The molecule has 0 spiro atoms. The van der Waals surface area contributed by atoms with Crippen LogP contribution < -0.4 is 4.90 Å². The molecule has 1 aliphatic heterocycles. The van der Waals surface area contributed by atoms with Crippen LogP contribution in [0.3, 0.4) is 0 Å². The van der Waals surface area contributed by atoms with Gasteiger partial charge in [0.1, 0.15) is 23.2 Å². The zero-order valence-corrected chi connectivity index (χ0v) is 22.6. The molecule has 33 heavy (non-hydrogen) atoms. The Bertz CT molecular complexity index is 878. The molecule has 0 bridgehead atoms. The van der Waals surface area contributed by atoms with E-state index in [1.165, 1.54) is 0 Å². The number of aromatic nitrogens is 5. The lowest BCUT2D eigenvalue weighted by atomic mass is 9.95. The number of hydrogen-bond donors (Lipinski definition) is 0. The SMILES string of the molecule is CCCc1cc(N2CCN(CCC[S+]([O-])c3nnc(CC)n3C)CC2)nc(C(C)(C)C)n1.Cl. The molecule has 1 unspecified atom stereocenters. The topological polar surface area (TPSA) is 86.0 Å². The molecule has 10 heteroatoms. The number of piperazine rings is 1. The molecule has 0 N–H and O–H groups in total. The summed E-state index contributed by atoms with van der Waals surface area (Å²) in [5.41, 5.74) is 1.08. The van der Waals surface area contributed by atoms with Crippen molar-refractivity contribution in [3.8, 4) is 0 Å². The van der Waals surface area contributed by atoms with E-state index in [4.69, 9.17) is 9.97 Å². The van der Waals surface area contributed by atoms with Crippen molar-refractivity contribution < 1.29 is 4.55 Å². The van der Waals surface area contributed by atoms with Crippen LogP contribution in [0.5, 0.6) is 0 Å². The zero-order valence-electron chi connectivity index (χ0n) is 21.0. The Morgan fingerprint density at radius 2 is 1.76 bits per heavy atom. The first-order valence-corrected chi connectivity index (χ1v) is 13.2. The Morgan fingerprint density at radius 1 is 1.06 bits per heavy atom. The first-order valence-electron chi connectivity index (χ1n) is 11.8. The fourth-order valence-corrected chi connectivity index (χ4v) is 5.04. The Hall–Kier alpha value is -1.42. The molecule has 3 heterocycles. The van der Waals surface area contributed by atoms with Crippen molar-refractivity contribution in [1.82, 2.24) is 29.6 Å². The summed E-state index contributed by atoms with van der Waals surface area (Å²) in [5.74, 6) is 3.49. The van der Waals surface area contributed by atoms with Crippen LogP contribution in [0.2, 0.25) is 0 Å². The fourth-order valence-electron chi connectivity index (χ4n) is 3.93. The minimum Gasteiger partial charge on any atom is -0.609 e. The second kappa shape index (κ2) is 12.3. The van der Waals surface area contributed by atoms with E-state index in [1.54, 1.807) is 0 Å². The molecule has 8 nitrogen and oxygen atoms in total. The van der Waals surface area contributed by atoms with Gasteiger partial charge in [-0.15, -0.1) is 17.5 Å². The van der Waals surface area contributed by atoms with E-state index in [9.17, 15) is 4.55 Å². The third kappa shape index (κ3) is 7.28. The molecule has 186 valence electrons. The maximum Gasteiger partial charge on any atom is 0.343 e. The second-order valence-electron chi connectivity index (χ2n) is 9.58. The van der Waals surface area contributed by atoms with Gasteiger partial charge in [-0.2, -0.15) is 0 Å². The number of halogens is 1. The highest BCUT2D eigenvalue weighted by Gasteiger charge is 2.24. The average molecular weight is 498 g/mol. The second-order valence-corrected chi connectivity index (χ2v) is 11.0. The summed E-state index contributed by atoms with van der Waals surface area (Å²) in [7, 11) is 1.90. The van der Waals surface area contributed by atoms with Crippen molar-refractivity contribution in [2.24, 2.45) is 7.05 Å². The maximum absolute atomic E-state index is 12.6. The Kier molecular flexibility index (Phi) is 10.4. The highest BCUT2D eigenvalue weighted by atomic mass is 35.5. The predicted molar refractivity (Wildman–Crippen MR) is 137 cm³/mol. The van der Waals surface area contributed by atoms with Crippen LogP contribution in [0.15, 0.2) is 11.2 Å².